The molecule has 0 saturated carbocycles. The van der Waals surface area contributed by atoms with Crippen molar-refractivity contribution < 1.29 is 36.0 Å². The standard InChI is InChI=1S/C16H13F3N2O6S/c1-9-4-3-5-11(14(9)21(23)24)15(22)20-12-8-10(6-7-13(12)27-2)28(25,26)16(17,18)19/h3-8H,1-2H3,(H,20,22). The summed E-state index contributed by atoms with van der Waals surface area (Å²) in [6.07, 6.45) is 0. The summed E-state index contributed by atoms with van der Waals surface area (Å²) in [7, 11) is -4.52. The van der Waals surface area contributed by atoms with E-state index >= 15 is 0 Å². The number of nitro benzene ring substituents is 1. The zero-order valence-electron chi connectivity index (χ0n) is 14.4. The molecule has 0 aliphatic carbocycles. The molecule has 150 valence electrons. The van der Waals surface area contributed by atoms with Gasteiger partial charge in [-0.05, 0) is 31.2 Å². The van der Waals surface area contributed by atoms with Gasteiger partial charge in [0.1, 0.15) is 11.3 Å². The number of methoxy groups -OCH3 is 1. The Kier molecular flexibility index (Phi) is 5.64. The fourth-order valence-electron chi connectivity index (χ4n) is 2.36. The van der Waals surface area contributed by atoms with E-state index in [-0.39, 0.29) is 16.9 Å². The summed E-state index contributed by atoms with van der Waals surface area (Å²) in [5.41, 5.74) is -6.58. The molecule has 0 atom stereocenters. The smallest absolute Gasteiger partial charge is 0.495 e. The molecule has 0 spiro atoms. The molecule has 1 amide bonds. The average molecular weight is 418 g/mol. The number of halogens is 3. The number of sulfone groups is 1. The molecule has 0 saturated heterocycles. The van der Waals surface area contributed by atoms with Crippen molar-refractivity contribution in [3.63, 3.8) is 0 Å². The maximum atomic E-state index is 12.8. The van der Waals surface area contributed by atoms with E-state index < -0.39 is 42.4 Å². The van der Waals surface area contributed by atoms with Crippen molar-refractivity contribution in [3.8, 4) is 5.75 Å². The Labute approximate surface area is 157 Å². The van der Waals surface area contributed by atoms with E-state index in [1.165, 1.54) is 19.1 Å². The summed E-state index contributed by atoms with van der Waals surface area (Å²) in [5, 5.41) is 13.4. The molecule has 0 bridgehead atoms. The number of nitrogens with zero attached hydrogens (tertiary/aromatic N) is 1. The van der Waals surface area contributed by atoms with E-state index in [4.69, 9.17) is 4.74 Å². The largest absolute Gasteiger partial charge is 0.501 e. The number of rotatable bonds is 5. The maximum absolute atomic E-state index is 12.8. The van der Waals surface area contributed by atoms with Crippen LogP contribution in [0.2, 0.25) is 0 Å². The minimum absolute atomic E-state index is 0.134. The molecule has 1 N–H and O–H groups in total. The van der Waals surface area contributed by atoms with Crippen molar-refractivity contribution in [2.45, 2.75) is 17.3 Å². The predicted octanol–water partition coefficient (Wildman–Crippen LogP) is 3.46. The second-order valence-electron chi connectivity index (χ2n) is 5.49. The number of benzene rings is 2. The van der Waals surface area contributed by atoms with Gasteiger partial charge in [0.25, 0.3) is 21.4 Å². The number of aryl methyl sites for hydroxylation is 1. The van der Waals surface area contributed by atoms with E-state index in [1.807, 2.05) is 0 Å². The highest BCUT2D eigenvalue weighted by Crippen LogP contribution is 2.35. The van der Waals surface area contributed by atoms with Crippen molar-refractivity contribution in [1.29, 1.82) is 0 Å². The summed E-state index contributed by atoms with van der Waals surface area (Å²) >= 11 is 0. The second kappa shape index (κ2) is 7.46. The van der Waals surface area contributed by atoms with E-state index in [9.17, 15) is 36.5 Å². The van der Waals surface area contributed by atoms with Crippen LogP contribution in [0.3, 0.4) is 0 Å². The van der Waals surface area contributed by atoms with Crippen LogP contribution < -0.4 is 10.1 Å². The van der Waals surface area contributed by atoms with Crippen LogP contribution in [0.5, 0.6) is 5.75 Å². The van der Waals surface area contributed by atoms with Crippen molar-refractivity contribution >= 4 is 27.1 Å². The molecule has 8 nitrogen and oxygen atoms in total. The molecule has 0 aromatic heterocycles. The third-order valence-corrected chi connectivity index (χ3v) is 5.18. The molecule has 28 heavy (non-hydrogen) atoms. The molecule has 0 aliphatic rings. The maximum Gasteiger partial charge on any atom is 0.501 e. The van der Waals surface area contributed by atoms with Crippen molar-refractivity contribution in [2.24, 2.45) is 0 Å². The number of nitro groups is 1. The van der Waals surface area contributed by atoms with Gasteiger partial charge < -0.3 is 10.1 Å². The summed E-state index contributed by atoms with van der Waals surface area (Å²) in [6, 6.07) is 6.13. The van der Waals surface area contributed by atoms with Crippen LogP contribution in [0.15, 0.2) is 41.3 Å². The van der Waals surface area contributed by atoms with E-state index in [1.54, 1.807) is 0 Å². The number of carbonyl (C=O) groups excluding carboxylic acids is 1. The Morgan fingerprint density at radius 1 is 1.21 bits per heavy atom. The van der Waals surface area contributed by atoms with Gasteiger partial charge in [-0.3, -0.25) is 14.9 Å². The highest BCUT2D eigenvalue weighted by molar-refractivity contribution is 7.92. The molecule has 2 aromatic rings. The van der Waals surface area contributed by atoms with Gasteiger partial charge in [0.15, 0.2) is 0 Å². The molecule has 0 heterocycles. The van der Waals surface area contributed by atoms with Crippen molar-refractivity contribution in [3.05, 3.63) is 57.6 Å². The first-order valence-corrected chi connectivity index (χ1v) is 8.93. The highest BCUT2D eigenvalue weighted by Gasteiger charge is 2.47. The van der Waals surface area contributed by atoms with Gasteiger partial charge in [0, 0.05) is 5.56 Å². The van der Waals surface area contributed by atoms with Crippen LogP contribution in [-0.2, 0) is 9.84 Å². The lowest BCUT2D eigenvalue weighted by Crippen LogP contribution is -2.23. The lowest BCUT2D eigenvalue weighted by Gasteiger charge is -2.14. The Bertz CT molecular complexity index is 1050. The van der Waals surface area contributed by atoms with Crippen LogP contribution in [0.25, 0.3) is 0 Å². The van der Waals surface area contributed by atoms with Gasteiger partial charge in [0.05, 0.1) is 22.6 Å². The number of para-hydroxylation sites is 1. The third kappa shape index (κ3) is 3.91. The normalized spacial score (nSPS) is 11.8. The first kappa shape index (κ1) is 21.2. The first-order chi connectivity index (χ1) is 12.9. The van der Waals surface area contributed by atoms with Crippen LogP contribution in [-0.4, -0.2) is 31.9 Å². The number of amides is 1. The summed E-state index contributed by atoms with van der Waals surface area (Å²) in [4.78, 5) is 21.8. The number of ether oxygens (including phenoxy) is 1. The fraction of sp³-hybridized carbons (Fsp3) is 0.188. The van der Waals surface area contributed by atoms with Crippen molar-refractivity contribution in [1.82, 2.24) is 0 Å². The molecular formula is C16H13F3N2O6S. The minimum Gasteiger partial charge on any atom is -0.495 e. The summed E-state index contributed by atoms with van der Waals surface area (Å²) < 4.78 is 66.4. The molecular weight excluding hydrogens is 405 g/mol. The Morgan fingerprint density at radius 2 is 1.86 bits per heavy atom. The number of hydrogen-bond donors (Lipinski definition) is 1. The summed E-state index contributed by atoms with van der Waals surface area (Å²) in [6.45, 7) is 1.41. The minimum atomic E-state index is -5.67. The van der Waals surface area contributed by atoms with Gasteiger partial charge in [0.2, 0.25) is 0 Å². The predicted molar refractivity (Wildman–Crippen MR) is 92.0 cm³/mol. The summed E-state index contributed by atoms with van der Waals surface area (Å²) in [5.74, 6) is -1.15. The monoisotopic (exact) mass is 418 g/mol. The molecule has 0 aliphatic heterocycles. The quantitative estimate of drug-likeness (QED) is 0.587. The molecule has 0 unspecified atom stereocenters. The highest BCUT2D eigenvalue weighted by atomic mass is 32.2. The molecule has 0 fully saturated rings. The lowest BCUT2D eigenvalue weighted by molar-refractivity contribution is -0.385. The van der Waals surface area contributed by atoms with Gasteiger partial charge >= 0.3 is 5.51 Å². The van der Waals surface area contributed by atoms with E-state index in [0.717, 1.165) is 19.2 Å². The second-order valence-corrected chi connectivity index (χ2v) is 7.43. The first-order valence-electron chi connectivity index (χ1n) is 7.45. The number of hydrogen-bond acceptors (Lipinski definition) is 6. The lowest BCUT2D eigenvalue weighted by atomic mass is 10.1. The zero-order chi connectivity index (χ0) is 21.3. The zero-order valence-corrected chi connectivity index (χ0v) is 15.2. The topological polar surface area (TPSA) is 116 Å². The van der Waals surface area contributed by atoms with Crippen molar-refractivity contribution in [2.75, 3.05) is 12.4 Å². The fourth-order valence-corrected chi connectivity index (χ4v) is 3.15. The average Bonchev–Trinajstić information content (AvgIpc) is 2.60. The Hall–Kier alpha value is -3.15. The van der Waals surface area contributed by atoms with Crippen LogP contribution in [0.1, 0.15) is 15.9 Å². The number of alkyl halides is 3. The van der Waals surface area contributed by atoms with Crippen LogP contribution >= 0.6 is 0 Å². The van der Waals surface area contributed by atoms with Gasteiger partial charge in [-0.1, -0.05) is 12.1 Å². The number of carbonyl (C=O) groups is 1. The van der Waals surface area contributed by atoms with Gasteiger partial charge in [-0.2, -0.15) is 13.2 Å². The van der Waals surface area contributed by atoms with Crippen LogP contribution in [0, 0.1) is 17.0 Å². The van der Waals surface area contributed by atoms with E-state index in [2.05, 4.69) is 5.32 Å². The number of anilines is 1. The Balaban J connectivity index is 2.52. The molecule has 0 radical (unpaired) electrons. The van der Waals surface area contributed by atoms with Gasteiger partial charge in [-0.15, -0.1) is 0 Å². The van der Waals surface area contributed by atoms with E-state index in [0.29, 0.717) is 12.1 Å². The molecule has 2 aromatic carbocycles. The number of nitrogens with one attached hydrogen (secondary N) is 1. The van der Waals surface area contributed by atoms with Crippen LogP contribution in [0.4, 0.5) is 24.5 Å². The Morgan fingerprint density at radius 3 is 2.39 bits per heavy atom. The SMILES string of the molecule is COc1ccc(S(=O)(=O)C(F)(F)F)cc1NC(=O)c1cccc(C)c1[N+](=O)[O-]. The molecule has 2 rings (SSSR count). The molecule has 12 heteroatoms. The third-order valence-electron chi connectivity index (χ3n) is 3.70. The van der Waals surface area contributed by atoms with Gasteiger partial charge in [-0.25, -0.2) is 8.42 Å².